The van der Waals surface area contributed by atoms with Crippen LogP contribution in [-0.4, -0.2) is 32.6 Å². The molecule has 0 radical (unpaired) electrons. The van der Waals surface area contributed by atoms with Gasteiger partial charge in [-0.1, -0.05) is 30.3 Å². The summed E-state index contributed by atoms with van der Waals surface area (Å²) in [7, 11) is 1.27. The molecule has 3 aromatic rings. The minimum absolute atomic E-state index is 0.117. The Morgan fingerprint density at radius 1 is 1.18 bits per heavy atom. The topological polar surface area (TPSA) is 87.0 Å². The van der Waals surface area contributed by atoms with Crippen LogP contribution in [0, 0.1) is 0 Å². The summed E-state index contributed by atoms with van der Waals surface area (Å²) in [5.74, 6) is -0.187. The van der Waals surface area contributed by atoms with Crippen LogP contribution in [0.5, 0.6) is 0 Å². The molecule has 0 N–H and O–H groups in total. The Morgan fingerprint density at radius 2 is 1.91 bits per heavy atom. The fourth-order valence-corrected chi connectivity index (χ4v) is 2.10. The minimum Gasteiger partial charge on any atom is -0.468 e. The number of hydrogen-bond acceptors (Lipinski definition) is 6. The van der Waals surface area contributed by atoms with E-state index >= 15 is 0 Å². The van der Waals surface area contributed by atoms with E-state index in [4.69, 9.17) is 0 Å². The van der Waals surface area contributed by atoms with Crippen molar-refractivity contribution in [1.29, 1.82) is 0 Å². The van der Waals surface area contributed by atoms with Gasteiger partial charge in [0.15, 0.2) is 11.2 Å². The van der Waals surface area contributed by atoms with Crippen molar-refractivity contribution in [2.75, 3.05) is 7.11 Å². The normalized spacial score (nSPS) is 10.6. The lowest BCUT2D eigenvalue weighted by molar-refractivity contribution is -0.141. The predicted molar refractivity (Wildman–Crippen MR) is 79.0 cm³/mol. The SMILES string of the molecule is COC(=O)Cn1c(-c2ccccc2)nc2nccnc2c1=O. The summed E-state index contributed by atoms with van der Waals surface area (Å²) in [4.78, 5) is 36.6. The van der Waals surface area contributed by atoms with Gasteiger partial charge in [0.25, 0.3) is 5.56 Å². The number of fused-ring (bicyclic) bond motifs is 1. The number of benzene rings is 1. The Hall–Kier alpha value is -3.09. The van der Waals surface area contributed by atoms with Gasteiger partial charge >= 0.3 is 5.97 Å². The van der Waals surface area contributed by atoms with Gasteiger partial charge in [-0.15, -0.1) is 0 Å². The highest BCUT2D eigenvalue weighted by molar-refractivity contribution is 5.74. The van der Waals surface area contributed by atoms with Crippen molar-refractivity contribution in [3.8, 4) is 11.4 Å². The molecule has 2 heterocycles. The highest BCUT2D eigenvalue weighted by Crippen LogP contribution is 2.17. The second-order valence-electron chi connectivity index (χ2n) is 4.50. The van der Waals surface area contributed by atoms with Gasteiger partial charge < -0.3 is 4.74 Å². The van der Waals surface area contributed by atoms with Crippen molar-refractivity contribution in [1.82, 2.24) is 19.5 Å². The van der Waals surface area contributed by atoms with Gasteiger partial charge in [-0.3, -0.25) is 14.2 Å². The first-order valence-corrected chi connectivity index (χ1v) is 6.54. The molecule has 0 unspecified atom stereocenters. The number of carbonyl (C=O) groups excluding carboxylic acids is 1. The summed E-state index contributed by atoms with van der Waals surface area (Å²) < 4.78 is 5.90. The van der Waals surface area contributed by atoms with Crippen molar-refractivity contribution in [3.05, 3.63) is 53.1 Å². The Balaban J connectivity index is 2.31. The third-order valence-electron chi connectivity index (χ3n) is 3.14. The molecule has 0 saturated heterocycles. The van der Waals surface area contributed by atoms with Gasteiger partial charge in [0.05, 0.1) is 7.11 Å². The first-order chi connectivity index (χ1) is 10.7. The highest BCUT2D eigenvalue weighted by Gasteiger charge is 2.16. The Labute approximate surface area is 125 Å². The molecule has 0 amide bonds. The average Bonchev–Trinajstić information content (AvgIpc) is 2.58. The van der Waals surface area contributed by atoms with Gasteiger partial charge in [0.2, 0.25) is 0 Å². The maximum atomic E-state index is 12.6. The average molecular weight is 296 g/mol. The summed E-state index contributed by atoms with van der Waals surface area (Å²) in [6.45, 7) is -0.237. The molecule has 1 aromatic carbocycles. The molecule has 0 aliphatic carbocycles. The predicted octanol–water partition coefficient (Wildman–Crippen LogP) is 1.03. The van der Waals surface area contributed by atoms with Crippen LogP contribution < -0.4 is 5.56 Å². The number of rotatable bonds is 3. The zero-order valence-electron chi connectivity index (χ0n) is 11.8. The monoisotopic (exact) mass is 296 g/mol. The number of esters is 1. The molecule has 7 heteroatoms. The zero-order valence-corrected chi connectivity index (χ0v) is 11.8. The van der Waals surface area contributed by atoms with Gasteiger partial charge in [-0.25, -0.2) is 15.0 Å². The van der Waals surface area contributed by atoms with Crippen molar-refractivity contribution < 1.29 is 9.53 Å². The molecule has 0 spiro atoms. The summed E-state index contributed by atoms with van der Waals surface area (Å²) in [6, 6.07) is 9.11. The summed E-state index contributed by atoms with van der Waals surface area (Å²) in [6.07, 6.45) is 2.88. The number of aromatic nitrogens is 4. The lowest BCUT2D eigenvalue weighted by Gasteiger charge is -2.11. The lowest BCUT2D eigenvalue weighted by atomic mass is 10.2. The van der Waals surface area contributed by atoms with Crippen molar-refractivity contribution in [2.45, 2.75) is 6.54 Å². The quantitative estimate of drug-likeness (QED) is 0.671. The molecule has 0 bridgehead atoms. The van der Waals surface area contributed by atoms with E-state index in [2.05, 4.69) is 19.7 Å². The van der Waals surface area contributed by atoms with Crippen molar-refractivity contribution in [3.63, 3.8) is 0 Å². The summed E-state index contributed by atoms with van der Waals surface area (Å²) in [5, 5.41) is 0. The third kappa shape index (κ3) is 2.44. The van der Waals surface area contributed by atoms with E-state index in [0.717, 1.165) is 0 Å². The second kappa shape index (κ2) is 5.72. The van der Waals surface area contributed by atoms with Gasteiger partial charge in [-0.05, 0) is 0 Å². The van der Waals surface area contributed by atoms with Crippen molar-refractivity contribution in [2.24, 2.45) is 0 Å². The van der Waals surface area contributed by atoms with E-state index in [-0.39, 0.29) is 17.7 Å². The highest BCUT2D eigenvalue weighted by atomic mass is 16.5. The van der Waals surface area contributed by atoms with Gasteiger partial charge in [-0.2, -0.15) is 0 Å². The van der Waals surface area contributed by atoms with E-state index in [0.29, 0.717) is 11.4 Å². The van der Waals surface area contributed by atoms with Crippen LogP contribution in [0.4, 0.5) is 0 Å². The Kier molecular flexibility index (Phi) is 3.61. The van der Waals surface area contributed by atoms with Gasteiger partial charge in [0.1, 0.15) is 12.4 Å². The maximum Gasteiger partial charge on any atom is 0.325 e. The fraction of sp³-hybridized carbons (Fsp3) is 0.133. The lowest BCUT2D eigenvalue weighted by Crippen LogP contribution is -2.28. The molecule has 22 heavy (non-hydrogen) atoms. The zero-order chi connectivity index (χ0) is 15.5. The van der Waals surface area contributed by atoms with E-state index < -0.39 is 11.5 Å². The van der Waals surface area contributed by atoms with Crippen LogP contribution >= 0.6 is 0 Å². The van der Waals surface area contributed by atoms with Crippen LogP contribution in [-0.2, 0) is 16.1 Å². The van der Waals surface area contributed by atoms with Crippen LogP contribution in [0.3, 0.4) is 0 Å². The first kappa shape index (κ1) is 13.9. The standard InChI is InChI=1S/C15H12N4O3/c1-22-11(20)9-19-14(10-5-3-2-4-6-10)18-13-12(15(19)21)16-7-8-17-13/h2-8H,9H2,1H3. The molecule has 7 nitrogen and oxygen atoms in total. The number of ether oxygens (including phenoxy) is 1. The molecular formula is C15H12N4O3. The summed E-state index contributed by atoms with van der Waals surface area (Å²) >= 11 is 0. The number of nitrogens with zero attached hydrogens (tertiary/aromatic N) is 4. The molecule has 3 rings (SSSR count). The van der Waals surface area contributed by atoms with E-state index in [1.54, 1.807) is 12.1 Å². The van der Waals surface area contributed by atoms with Gasteiger partial charge in [0, 0.05) is 18.0 Å². The molecule has 0 aliphatic rings. The number of methoxy groups -OCH3 is 1. The molecule has 110 valence electrons. The smallest absolute Gasteiger partial charge is 0.325 e. The first-order valence-electron chi connectivity index (χ1n) is 6.54. The van der Waals surface area contributed by atoms with Crippen LogP contribution in [0.25, 0.3) is 22.6 Å². The molecule has 0 atom stereocenters. The summed E-state index contributed by atoms with van der Waals surface area (Å²) in [5.41, 5.74) is 0.636. The number of hydrogen-bond donors (Lipinski definition) is 0. The molecule has 0 saturated carbocycles. The third-order valence-corrected chi connectivity index (χ3v) is 3.14. The Bertz CT molecular complexity index is 890. The fourth-order valence-electron chi connectivity index (χ4n) is 2.10. The largest absolute Gasteiger partial charge is 0.468 e. The van der Waals surface area contributed by atoms with Crippen LogP contribution in [0.15, 0.2) is 47.5 Å². The van der Waals surface area contributed by atoms with Crippen LogP contribution in [0.1, 0.15) is 0 Å². The minimum atomic E-state index is -0.538. The molecular weight excluding hydrogens is 284 g/mol. The second-order valence-corrected chi connectivity index (χ2v) is 4.50. The molecule has 0 aliphatic heterocycles. The van der Waals surface area contributed by atoms with Crippen LogP contribution in [0.2, 0.25) is 0 Å². The van der Waals surface area contributed by atoms with E-state index in [1.807, 2.05) is 18.2 Å². The number of carbonyl (C=O) groups is 1. The maximum absolute atomic E-state index is 12.6. The van der Waals surface area contributed by atoms with Crippen molar-refractivity contribution >= 4 is 17.1 Å². The van der Waals surface area contributed by atoms with E-state index in [9.17, 15) is 9.59 Å². The molecule has 2 aromatic heterocycles. The Morgan fingerprint density at radius 3 is 2.64 bits per heavy atom. The molecule has 0 fully saturated rings. The van der Waals surface area contributed by atoms with E-state index in [1.165, 1.54) is 24.1 Å².